The molecule has 2 nitrogen and oxygen atoms in total. The Bertz CT molecular complexity index is 384. The Balaban J connectivity index is 2.79. The van der Waals surface area contributed by atoms with Gasteiger partial charge in [-0.15, -0.1) is 11.3 Å². The number of hydrogen-bond donors (Lipinski definition) is 1. The van der Waals surface area contributed by atoms with Crippen LogP contribution in [0.2, 0.25) is 0 Å². The molecular weight excluding hydrogens is 244 g/mol. The van der Waals surface area contributed by atoms with Crippen molar-refractivity contribution in [2.75, 3.05) is 6.61 Å². The van der Waals surface area contributed by atoms with Gasteiger partial charge in [0.2, 0.25) is 0 Å². The first-order chi connectivity index (χ1) is 8.55. The van der Waals surface area contributed by atoms with E-state index in [9.17, 15) is 9.90 Å². The summed E-state index contributed by atoms with van der Waals surface area (Å²) in [6.07, 6.45) is 5.72. The Morgan fingerprint density at radius 2 is 2.11 bits per heavy atom. The highest BCUT2D eigenvalue weighted by Crippen LogP contribution is 2.36. The van der Waals surface area contributed by atoms with E-state index in [2.05, 4.69) is 13.8 Å². The van der Waals surface area contributed by atoms with Crippen LogP contribution in [-0.2, 0) is 5.41 Å². The third-order valence-corrected chi connectivity index (χ3v) is 4.74. The molecule has 1 N–H and O–H groups in total. The van der Waals surface area contributed by atoms with Crippen molar-refractivity contribution in [2.45, 2.75) is 58.3 Å². The van der Waals surface area contributed by atoms with Gasteiger partial charge < -0.3 is 5.11 Å². The van der Waals surface area contributed by atoms with E-state index in [4.69, 9.17) is 0 Å². The number of Topliss-reactive ketones (excluding diaryl/α,β-unsaturated/α-hetero) is 1. The summed E-state index contributed by atoms with van der Waals surface area (Å²) in [6.45, 7) is 5.97. The zero-order valence-corrected chi connectivity index (χ0v) is 12.5. The number of thiophene rings is 1. The van der Waals surface area contributed by atoms with E-state index < -0.39 is 0 Å². The van der Waals surface area contributed by atoms with Crippen LogP contribution in [0.4, 0.5) is 0 Å². The van der Waals surface area contributed by atoms with Gasteiger partial charge >= 0.3 is 0 Å². The van der Waals surface area contributed by atoms with Crippen LogP contribution in [0.25, 0.3) is 0 Å². The molecule has 1 rings (SSSR count). The fraction of sp³-hybridized carbons (Fsp3) is 0.667. The van der Waals surface area contributed by atoms with E-state index >= 15 is 0 Å². The van der Waals surface area contributed by atoms with E-state index in [1.165, 1.54) is 19.3 Å². The van der Waals surface area contributed by atoms with Crippen LogP contribution in [0.1, 0.15) is 68.1 Å². The topological polar surface area (TPSA) is 37.3 Å². The number of carbonyl (C=O) groups excluding carboxylic acids is 1. The van der Waals surface area contributed by atoms with Gasteiger partial charge in [-0.2, -0.15) is 0 Å². The van der Waals surface area contributed by atoms with Crippen LogP contribution in [0.3, 0.4) is 0 Å². The molecular formula is C15H24O2S. The van der Waals surface area contributed by atoms with E-state index in [1.54, 1.807) is 18.3 Å². The second-order valence-corrected chi connectivity index (χ2v) is 6.17. The minimum atomic E-state index is -0.261. The number of unbranched alkanes of at least 4 members (excludes halogenated alkanes) is 3. The lowest BCUT2D eigenvalue weighted by molar-refractivity contribution is 0.101. The van der Waals surface area contributed by atoms with Gasteiger partial charge in [-0.05, 0) is 24.8 Å². The second-order valence-electron chi connectivity index (χ2n) is 5.25. The van der Waals surface area contributed by atoms with Gasteiger partial charge in [0.05, 0.1) is 6.61 Å². The van der Waals surface area contributed by atoms with Crippen molar-refractivity contribution in [1.29, 1.82) is 0 Å². The molecule has 0 aromatic carbocycles. The number of ketones is 1. The third-order valence-electron chi connectivity index (χ3n) is 3.52. The largest absolute Gasteiger partial charge is 0.395 e. The van der Waals surface area contributed by atoms with Crippen LogP contribution >= 0.6 is 11.3 Å². The minimum absolute atomic E-state index is 0.0967. The Kier molecular flexibility index (Phi) is 6.03. The summed E-state index contributed by atoms with van der Waals surface area (Å²) >= 11 is 1.59. The molecule has 0 aliphatic rings. The predicted octanol–water partition coefficient (Wildman–Crippen LogP) is 4.17. The molecule has 0 aliphatic heterocycles. The van der Waals surface area contributed by atoms with E-state index in [0.29, 0.717) is 0 Å². The number of hydrogen-bond acceptors (Lipinski definition) is 3. The highest BCUT2D eigenvalue weighted by molar-refractivity contribution is 7.10. The Morgan fingerprint density at radius 3 is 2.67 bits per heavy atom. The number of aliphatic hydroxyl groups excluding tert-OH is 1. The first-order valence-electron chi connectivity index (χ1n) is 6.75. The SMILES string of the molecule is CCCCCCC(C)(CO)c1sccc1C(C)=O. The van der Waals surface area contributed by atoms with E-state index in [-0.39, 0.29) is 17.8 Å². The van der Waals surface area contributed by atoms with Gasteiger partial charge in [0.1, 0.15) is 0 Å². The summed E-state index contributed by atoms with van der Waals surface area (Å²) in [5.41, 5.74) is 0.523. The van der Waals surface area contributed by atoms with Crippen LogP contribution in [0.15, 0.2) is 11.4 Å². The molecule has 0 saturated heterocycles. The summed E-state index contributed by atoms with van der Waals surface area (Å²) in [5, 5.41) is 11.7. The predicted molar refractivity (Wildman–Crippen MR) is 77.5 cm³/mol. The molecule has 0 spiro atoms. The second kappa shape index (κ2) is 7.05. The number of rotatable bonds is 8. The lowest BCUT2D eigenvalue weighted by Crippen LogP contribution is -2.27. The van der Waals surface area contributed by atoms with Gasteiger partial charge in [-0.1, -0.05) is 39.5 Å². The van der Waals surface area contributed by atoms with Crippen LogP contribution in [0.5, 0.6) is 0 Å². The van der Waals surface area contributed by atoms with Crippen molar-refractivity contribution in [2.24, 2.45) is 0 Å². The Labute approximate surface area is 114 Å². The average Bonchev–Trinajstić information content (AvgIpc) is 2.84. The summed E-state index contributed by atoms with van der Waals surface area (Å²) < 4.78 is 0. The number of carbonyl (C=O) groups is 1. The molecule has 3 heteroatoms. The molecule has 0 amide bonds. The highest BCUT2D eigenvalue weighted by atomic mass is 32.1. The van der Waals surface area contributed by atoms with Gasteiger partial charge in [0, 0.05) is 15.9 Å². The van der Waals surface area contributed by atoms with Crippen molar-refractivity contribution in [3.8, 4) is 0 Å². The highest BCUT2D eigenvalue weighted by Gasteiger charge is 2.30. The zero-order chi connectivity index (χ0) is 13.6. The third kappa shape index (κ3) is 3.66. The average molecular weight is 268 g/mol. The standard InChI is InChI=1S/C15H24O2S/c1-4-5-6-7-9-15(3,11-16)14-13(12(2)17)8-10-18-14/h8,10,16H,4-7,9,11H2,1-3H3. The summed E-state index contributed by atoms with van der Waals surface area (Å²) in [6, 6.07) is 1.88. The van der Waals surface area contributed by atoms with Gasteiger partial charge in [-0.3, -0.25) is 4.79 Å². The van der Waals surface area contributed by atoms with Crippen molar-refractivity contribution in [3.63, 3.8) is 0 Å². The van der Waals surface area contributed by atoms with Crippen molar-refractivity contribution < 1.29 is 9.90 Å². The van der Waals surface area contributed by atoms with Crippen LogP contribution in [-0.4, -0.2) is 17.5 Å². The molecule has 1 aromatic heterocycles. The molecule has 1 aromatic rings. The smallest absolute Gasteiger partial charge is 0.160 e. The zero-order valence-electron chi connectivity index (χ0n) is 11.7. The maximum absolute atomic E-state index is 11.6. The molecule has 0 fully saturated rings. The molecule has 18 heavy (non-hydrogen) atoms. The molecule has 1 atom stereocenters. The molecule has 1 heterocycles. The van der Waals surface area contributed by atoms with E-state index in [0.717, 1.165) is 23.3 Å². The van der Waals surface area contributed by atoms with Crippen molar-refractivity contribution in [3.05, 3.63) is 21.9 Å². The van der Waals surface area contributed by atoms with Crippen molar-refractivity contribution in [1.82, 2.24) is 0 Å². The minimum Gasteiger partial charge on any atom is -0.395 e. The molecule has 0 bridgehead atoms. The summed E-state index contributed by atoms with van der Waals surface area (Å²) in [5.74, 6) is 0.0967. The molecule has 0 saturated carbocycles. The molecule has 102 valence electrons. The first-order valence-corrected chi connectivity index (χ1v) is 7.63. The lowest BCUT2D eigenvalue weighted by Gasteiger charge is -2.27. The lowest BCUT2D eigenvalue weighted by atomic mass is 9.81. The normalized spacial score (nSPS) is 14.4. The van der Waals surface area contributed by atoms with Crippen LogP contribution in [0, 0.1) is 0 Å². The van der Waals surface area contributed by atoms with Crippen LogP contribution < -0.4 is 0 Å². The summed E-state index contributed by atoms with van der Waals surface area (Å²) in [4.78, 5) is 12.6. The Morgan fingerprint density at radius 1 is 1.39 bits per heavy atom. The number of aliphatic hydroxyl groups is 1. The fourth-order valence-corrected chi connectivity index (χ4v) is 3.39. The quantitative estimate of drug-likeness (QED) is 0.567. The van der Waals surface area contributed by atoms with Gasteiger partial charge in [0.15, 0.2) is 5.78 Å². The monoisotopic (exact) mass is 268 g/mol. The fourth-order valence-electron chi connectivity index (χ4n) is 2.26. The Hall–Kier alpha value is -0.670. The molecule has 1 unspecified atom stereocenters. The van der Waals surface area contributed by atoms with Crippen molar-refractivity contribution >= 4 is 17.1 Å². The molecule has 0 aliphatic carbocycles. The first kappa shape index (κ1) is 15.4. The summed E-state index contributed by atoms with van der Waals surface area (Å²) in [7, 11) is 0. The maximum Gasteiger partial charge on any atom is 0.160 e. The molecule has 0 radical (unpaired) electrons. The van der Waals surface area contributed by atoms with Gasteiger partial charge in [0.25, 0.3) is 0 Å². The van der Waals surface area contributed by atoms with Gasteiger partial charge in [-0.25, -0.2) is 0 Å². The maximum atomic E-state index is 11.6. The van der Waals surface area contributed by atoms with E-state index in [1.807, 2.05) is 11.4 Å².